The number of hydrogen-bond acceptors (Lipinski definition) is 5. The maximum Gasteiger partial charge on any atom is 0.414 e. The Morgan fingerprint density at radius 3 is 2.78 bits per heavy atom. The lowest BCUT2D eigenvalue weighted by molar-refractivity contribution is -0.129. The number of cyclic esters (lactones) is 1. The molecular weight excluding hydrogens is 355 g/mol. The highest BCUT2D eigenvalue weighted by atomic mass is 19.1. The molecule has 27 heavy (non-hydrogen) atoms. The average Bonchev–Trinajstić information content (AvgIpc) is 2.92. The van der Waals surface area contributed by atoms with E-state index in [1.807, 2.05) is 4.90 Å². The van der Waals surface area contributed by atoms with Gasteiger partial charge in [0, 0.05) is 40.0 Å². The standard InChI is InChI=1S/C18H23FN4O4/c1-12(24)20-10-14-11-23(18(26)27-14)13-3-4-16(15(19)9-13)22-6-5-17(25)21(2)7-8-22/h3-4,9,14H,5-8,10-11H2,1-2H3,(H,20,24). The Morgan fingerprint density at radius 1 is 1.30 bits per heavy atom. The third-order valence-corrected chi connectivity index (χ3v) is 4.76. The number of benzene rings is 1. The van der Waals surface area contributed by atoms with Crippen LogP contribution in [0.4, 0.5) is 20.6 Å². The molecule has 0 bridgehead atoms. The minimum absolute atomic E-state index is 0.0413. The minimum atomic E-state index is -0.570. The van der Waals surface area contributed by atoms with Crippen LogP contribution in [-0.4, -0.2) is 68.7 Å². The van der Waals surface area contributed by atoms with E-state index < -0.39 is 18.0 Å². The van der Waals surface area contributed by atoms with E-state index in [9.17, 15) is 18.8 Å². The van der Waals surface area contributed by atoms with Gasteiger partial charge >= 0.3 is 6.09 Å². The third-order valence-electron chi connectivity index (χ3n) is 4.76. The molecule has 0 spiro atoms. The number of likely N-dealkylation sites (N-methyl/N-ethyl adjacent to an activating group) is 1. The Hall–Kier alpha value is -2.84. The summed E-state index contributed by atoms with van der Waals surface area (Å²) in [4.78, 5) is 39.7. The quantitative estimate of drug-likeness (QED) is 0.844. The van der Waals surface area contributed by atoms with Crippen molar-refractivity contribution in [2.45, 2.75) is 19.4 Å². The van der Waals surface area contributed by atoms with Crippen LogP contribution in [0.2, 0.25) is 0 Å². The van der Waals surface area contributed by atoms with Crippen molar-refractivity contribution in [3.63, 3.8) is 0 Å². The van der Waals surface area contributed by atoms with Gasteiger partial charge in [-0.05, 0) is 18.2 Å². The van der Waals surface area contributed by atoms with Crippen molar-refractivity contribution < 1.29 is 23.5 Å². The van der Waals surface area contributed by atoms with Gasteiger partial charge < -0.3 is 19.9 Å². The van der Waals surface area contributed by atoms with Crippen LogP contribution >= 0.6 is 0 Å². The first kappa shape index (κ1) is 18.9. The third kappa shape index (κ3) is 4.29. The number of rotatable bonds is 4. The average molecular weight is 378 g/mol. The van der Waals surface area contributed by atoms with Gasteiger partial charge in [-0.25, -0.2) is 9.18 Å². The lowest BCUT2D eigenvalue weighted by Crippen LogP contribution is -2.33. The van der Waals surface area contributed by atoms with Gasteiger partial charge in [0.1, 0.15) is 11.9 Å². The summed E-state index contributed by atoms with van der Waals surface area (Å²) in [6.45, 7) is 3.36. The Bertz CT molecular complexity index is 757. The summed E-state index contributed by atoms with van der Waals surface area (Å²) in [7, 11) is 1.74. The second-order valence-corrected chi connectivity index (χ2v) is 6.74. The molecule has 2 aliphatic rings. The molecule has 3 rings (SSSR count). The van der Waals surface area contributed by atoms with Crippen LogP contribution in [-0.2, 0) is 14.3 Å². The zero-order chi connectivity index (χ0) is 19.6. The van der Waals surface area contributed by atoms with E-state index in [4.69, 9.17) is 4.74 Å². The number of amides is 3. The fourth-order valence-corrected chi connectivity index (χ4v) is 3.19. The maximum absolute atomic E-state index is 14.7. The van der Waals surface area contributed by atoms with Crippen LogP contribution < -0.4 is 15.1 Å². The molecule has 2 heterocycles. The van der Waals surface area contributed by atoms with Crippen LogP contribution in [0.25, 0.3) is 0 Å². The molecule has 1 unspecified atom stereocenters. The zero-order valence-electron chi connectivity index (χ0n) is 15.4. The van der Waals surface area contributed by atoms with Crippen molar-refractivity contribution in [3.8, 4) is 0 Å². The zero-order valence-corrected chi connectivity index (χ0v) is 15.4. The van der Waals surface area contributed by atoms with Crippen LogP contribution in [0.15, 0.2) is 18.2 Å². The van der Waals surface area contributed by atoms with Crippen molar-refractivity contribution in [1.82, 2.24) is 10.2 Å². The summed E-state index contributed by atoms with van der Waals surface area (Å²) in [5, 5.41) is 2.60. The Kier molecular flexibility index (Phi) is 5.48. The second-order valence-electron chi connectivity index (χ2n) is 6.74. The summed E-state index contributed by atoms with van der Waals surface area (Å²) < 4.78 is 19.9. The van der Waals surface area contributed by atoms with Crippen molar-refractivity contribution in [3.05, 3.63) is 24.0 Å². The van der Waals surface area contributed by atoms with Gasteiger partial charge in [0.25, 0.3) is 0 Å². The highest BCUT2D eigenvalue weighted by molar-refractivity contribution is 5.90. The summed E-state index contributed by atoms with van der Waals surface area (Å²) >= 11 is 0. The molecule has 1 aromatic rings. The Morgan fingerprint density at radius 2 is 2.07 bits per heavy atom. The molecule has 0 radical (unpaired) electrons. The predicted molar refractivity (Wildman–Crippen MR) is 97.2 cm³/mol. The predicted octanol–water partition coefficient (Wildman–Crippen LogP) is 0.956. The van der Waals surface area contributed by atoms with E-state index in [1.54, 1.807) is 24.1 Å². The lowest BCUT2D eigenvalue weighted by Gasteiger charge is -2.24. The van der Waals surface area contributed by atoms with Gasteiger partial charge in [0.2, 0.25) is 11.8 Å². The number of hydrogen-bond donors (Lipinski definition) is 1. The summed E-state index contributed by atoms with van der Waals surface area (Å²) in [5.74, 6) is -0.622. The van der Waals surface area contributed by atoms with Crippen molar-refractivity contribution in [1.29, 1.82) is 0 Å². The van der Waals surface area contributed by atoms with E-state index in [-0.39, 0.29) is 24.9 Å². The van der Waals surface area contributed by atoms with Gasteiger partial charge in [0.15, 0.2) is 0 Å². The minimum Gasteiger partial charge on any atom is -0.442 e. The van der Waals surface area contributed by atoms with Crippen molar-refractivity contribution in [2.75, 3.05) is 49.6 Å². The van der Waals surface area contributed by atoms with E-state index in [0.717, 1.165) is 0 Å². The largest absolute Gasteiger partial charge is 0.442 e. The molecule has 2 aliphatic heterocycles. The van der Waals surface area contributed by atoms with Gasteiger partial charge in [0.05, 0.1) is 24.5 Å². The SMILES string of the molecule is CC(=O)NCC1CN(c2ccc(N3CCC(=O)N(C)CC3)c(F)c2)C(=O)O1. The Balaban J connectivity index is 1.70. The van der Waals surface area contributed by atoms with Crippen molar-refractivity contribution >= 4 is 29.3 Å². The molecular formula is C18H23FN4O4. The first-order chi connectivity index (χ1) is 12.8. The molecule has 3 amide bonds. The number of nitrogens with one attached hydrogen (secondary N) is 1. The number of anilines is 2. The monoisotopic (exact) mass is 378 g/mol. The first-order valence-electron chi connectivity index (χ1n) is 8.86. The van der Waals surface area contributed by atoms with E-state index in [0.29, 0.717) is 37.4 Å². The number of nitrogens with zero attached hydrogens (tertiary/aromatic N) is 3. The molecule has 2 fully saturated rings. The topological polar surface area (TPSA) is 82.2 Å². The van der Waals surface area contributed by atoms with Gasteiger partial charge in [-0.3, -0.25) is 14.5 Å². The summed E-state index contributed by atoms with van der Waals surface area (Å²) in [5.41, 5.74) is 0.804. The molecule has 1 aromatic carbocycles. The van der Waals surface area contributed by atoms with Crippen LogP contribution in [0.5, 0.6) is 0 Å². The molecule has 2 saturated heterocycles. The van der Waals surface area contributed by atoms with Gasteiger partial charge in [-0.1, -0.05) is 0 Å². The molecule has 0 aromatic heterocycles. The smallest absolute Gasteiger partial charge is 0.414 e. The fraction of sp³-hybridized carbons (Fsp3) is 0.500. The normalized spacial score (nSPS) is 20.6. The van der Waals surface area contributed by atoms with Crippen LogP contribution in [0.3, 0.4) is 0 Å². The van der Waals surface area contributed by atoms with E-state index >= 15 is 0 Å². The van der Waals surface area contributed by atoms with Crippen molar-refractivity contribution in [2.24, 2.45) is 0 Å². The highest BCUT2D eigenvalue weighted by Crippen LogP contribution is 2.28. The molecule has 1 N–H and O–H groups in total. The van der Waals surface area contributed by atoms with E-state index in [1.165, 1.54) is 17.9 Å². The van der Waals surface area contributed by atoms with Gasteiger partial charge in [-0.15, -0.1) is 0 Å². The highest BCUT2D eigenvalue weighted by Gasteiger charge is 2.33. The molecule has 8 nitrogen and oxygen atoms in total. The van der Waals surface area contributed by atoms with Crippen LogP contribution in [0.1, 0.15) is 13.3 Å². The molecule has 146 valence electrons. The lowest BCUT2D eigenvalue weighted by atomic mass is 10.2. The molecule has 1 atom stereocenters. The fourth-order valence-electron chi connectivity index (χ4n) is 3.19. The van der Waals surface area contributed by atoms with E-state index in [2.05, 4.69) is 5.32 Å². The Labute approximate surface area is 156 Å². The maximum atomic E-state index is 14.7. The molecule has 0 saturated carbocycles. The number of halogens is 1. The molecule has 9 heteroatoms. The summed E-state index contributed by atoms with van der Waals surface area (Å²) in [6.07, 6.45) is -0.711. The number of carbonyl (C=O) groups excluding carboxylic acids is 3. The van der Waals surface area contributed by atoms with Gasteiger partial charge in [-0.2, -0.15) is 0 Å². The second kappa shape index (κ2) is 7.81. The summed E-state index contributed by atoms with van der Waals surface area (Å²) in [6, 6.07) is 4.58. The first-order valence-corrected chi connectivity index (χ1v) is 8.86. The van der Waals surface area contributed by atoms with Crippen LogP contribution in [0, 0.1) is 5.82 Å². The number of ether oxygens (including phenoxy) is 1. The number of carbonyl (C=O) groups is 3. The molecule has 0 aliphatic carbocycles.